The number of nitrogens with two attached hydrogens (primary N) is 1. The van der Waals surface area contributed by atoms with Crippen LogP contribution in [0.1, 0.15) is 50.3 Å². The average molecular weight is 477 g/mol. The van der Waals surface area contributed by atoms with E-state index in [1.165, 1.54) is 16.7 Å². The van der Waals surface area contributed by atoms with Gasteiger partial charge in [0.05, 0.1) is 11.8 Å². The van der Waals surface area contributed by atoms with Crippen molar-refractivity contribution in [2.45, 2.75) is 64.9 Å². The molecule has 0 fully saturated rings. The minimum atomic E-state index is -0.833. The van der Waals surface area contributed by atoms with E-state index in [2.05, 4.69) is 79.4 Å². The Labute approximate surface area is 210 Å². The van der Waals surface area contributed by atoms with Crippen LogP contribution in [-0.4, -0.2) is 32.8 Å². The molecule has 0 amide bonds. The molecule has 188 valence electrons. The Bertz CT molecular complexity index is 935. The fraction of sp³-hybridized carbons (Fsp3) is 0.367. The van der Waals surface area contributed by atoms with Gasteiger partial charge in [-0.3, -0.25) is 9.69 Å². The second-order valence-electron chi connectivity index (χ2n) is 9.37. The van der Waals surface area contributed by atoms with Crippen molar-refractivity contribution in [1.82, 2.24) is 4.90 Å². The second-order valence-corrected chi connectivity index (χ2v) is 9.37. The van der Waals surface area contributed by atoms with E-state index in [1.54, 1.807) is 0 Å². The molecule has 1 unspecified atom stereocenters. The average Bonchev–Trinajstić information content (AvgIpc) is 2.84. The number of carboxylic acid groups (broad SMARTS) is 1. The lowest BCUT2D eigenvalue weighted by atomic mass is 9.86. The molecule has 3 aromatic rings. The Morgan fingerprint density at radius 3 is 1.57 bits per heavy atom. The number of aliphatic carboxylic acids is 1. The number of benzene rings is 3. The molecule has 0 aromatic heterocycles. The van der Waals surface area contributed by atoms with Gasteiger partial charge in [0.1, 0.15) is 0 Å². The highest BCUT2D eigenvalue weighted by atomic mass is 16.4. The SMILES string of the molecule is CC(=O)O.CC(C)C(N)(C[C@H](O)CCc1ccccc1)N(Cc1ccccc1)Cc1ccccc1. The van der Waals surface area contributed by atoms with Gasteiger partial charge in [0, 0.05) is 26.4 Å². The molecule has 3 rings (SSSR count). The number of aryl methyl sites for hydroxylation is 1. The number of rotatable bonds is 11. The molecule has 0 spiro atoms. The predicted molar refractivity (Wildman–Crippen MR) is 143 cm³/mol. The zero-order valence-electron chi connectivity index (χ0n) is 21.2. The third kappa shape index (κ3) is 10.0. The van der Waals surface area contributed by atoms with E-state index in [0.717, 1.165) is 26.4 Å². The number of hydrogen-bond donors (Lipinski definition) is 3. The first-order valence-corrected chi connectivity index (χ1v) is 12.2. The molecule has 4 N–H and O–H groups in total. The van der Waals surface area contributed by atoms with E-state index < -0.39 is 17.7 Å². The Morgan fingerprint density at radius 1 is 0.829 bits per heavy atom. The lowest BCUT2D eigenvalue weighted by molar-refractivity contribution is -0.134. The maximum atomic E-state index is 11.0. The third-order valence-corrected chi connectivity index (χ3v) is 6.19. The normalized spacial score (nSPS) is 13.6. The zero-order chi connectivity index (χ0) is 25.7. The smallest absolute Gasteiger partial charge is 0.300 e. The van der Waals surface area contributed by atoms with Crippen LogP contribution in [0.25, 0.3) is 0 Å². The van der Waals surface area contributed by atoms with Crippen molar-refractivity contribution in [1.29, 1.82) is 0 Å². The van der Waals surface area contributed by atoms with Crippen molar-refractivity contribution in [3.63, 3.8) is 0 Å². The van der Waals surface area contributed by atoms with Gasteiger partial charge in [-0.2, -0.15) is 0 Å². The standard InChI is InChI=1S/C28H36N2O.C2H4O2/c1-23(2)28(29,20-27(31)19-18-24-12-6-3-7-13-24)30(21-25-14-8-4-9-15-25)22-26-16-10-5-11-17-26;1-2(3)4/h3-17,23,27,31H,18-22,29H2,1-2H3;1H3,(H,3,4)/t27-,28?;/m1./s1. The summed E-state index contributed by atoms with van der Waals surface area (Å²) in [5.41, 5.74) is 10.2. The van der Waals surface area contributed by atoms with E-state index in [4.69, 9.17) is 15.6 Å². The lowest BCUT2D eigenvalue weighted by Crippen LogP contribution is -2.60. The van der Waals surface area contributed by atoms with Crippen LogP contribution in [0.4, 0.5) is 0 Å². The van der Waals surface area contributed by atoms with Crippen LogP contribution in [0, 0.1) is 5.92 Å². The van der Waals surface area contributed by atoms with Gasteiger partial charge < -0.3 is 15.9 Å². The zero-order valence-corrected chi connectivity index (χ0v) is 21.2. The molecule has 35 heavy (non-hydrogen) atoms. The molecule has 0 radical (unpaired) electrons. The maximum absolute atomic E-state index is 11.0. The van der Waals surface area contributed by atoms with Crippen LogP contribution in [0.2, 0.25) is 0 Å². The maximum Gasteiger partial charge on any atom is 0.300 e. The fourth-order valence-corrected chi connectivity index (χ4v) is 4.15. The number of aliphatic hydroxyl groups excluding tert-OH is 1. The molecule has 5 nitrogen and oxygen atoms in total. The van der Waals surface area contributed by atoms with Crippen molar-refractivity contribution < 1.29 is 15.0 Å². The molecule has 0 heterocycles. The van der Waals surface area contributed by atoms with Crippen molar-refractivity contribution >= 4 is 5.97 Å². The summed E-state index contributed by atoms with van der Waals surface area (Å²) in [5.74, 6) is -0.647. The molecule has 0 bridgehead atoms. The number of carbonyl (C=O) groups is 1. The topological polar surface area (TPSA) is 86.8 Å². The van der Waals surface area contributed by atoms with Crippen molar-refractivity contribution in [2.75, 3.05) is 0 Å². The van der Waals surface area contributed by atoms with Crippen molar-refractivity contribution in [3.05, 3.63) is 108 Å². The predicted octanol–water partition coefficient (Wildman–Crippen LogP) is 5.47. The highest BCUT2D eigenvalue weighted by molar-refractivity contribution is 5.62. The molecule has 0 saturated carbocycles. The fourth-order valence-electron chi connectivity index (χ4n) is 4.15. The van der Waals surface area contributed by atoms with Crippen molar-refractivity contribution in [3.8, 4) is 0 Å². The minimum absolute atomic E-state index is 0.186. The van der Waals surface area contributed by atoms with Crippen LogP contribution in [0.3, 0.4) is 0 Å². The van der Waals surface area contributed by atoms with Gasteiger partial charge in [0.15, 0.2) is 0 Å². The first kappa shape index (κ1) is 28.2. The van der Waals surface area contributed by atoms with E-state index in [0.29, 0.717) is 12.8 Å². The molecule has 3 aromatic carbocycles. The van der Waals surface area contributed by atoms with E-state index >= 15 is 0 Å². The molecule has 0 aliphatic heterocycles. The summed E-state index contributed by atoms with van der Waals surface area (Å²) in [6, 6.07) is 31.3. The first-order valence-electron chi connectivity index (χ1n) is 12.2. The Hall–Kier alpha value is -2.99. The lowest BCUT2D eigenvalue weighted by Gasteiger charge is -2.45. The largest absolute Gasteiger partial charge is 0.481 e. The van der Waals surface area contributed by atoms with Crippen LogP contribution < -0.4 is 5.73 Å². The molecule has 0 aliphatic rings. The summed E-state index contributed by atoms with van der Waals surface area (Å²) in [7, 11) is 0. The van der Waals surface area contributed by atoms with Gasteiger partial charge >= 0.3 is 0 Å². The third-order valence-electron chi connectivity index (χ3n) is 6.19. The summed E-state index contributed by atoms with van der Waals surface area (Å²) in [6.07, 6.45) is 1.65. The van der Waals surface area contributed by atoms with Crippen LogP contribution in [-0.2, 0) is 24.3 Å². The molecule has 2 atom stereocenters. The Balaban J connectivity index is 0.00000100. The highest BCUT2D eigenvalue weighted by Gasteiger charge is 2.37. The number of carboxylic acids is 1. The number of aliphatic hydroxyl groups is 1. The van der Waals surface area contributed by atoms with Gasteiger partial charge in [-0.15, -0.1) is 0 Å². The van der Waals surface area contributed by atoms with Gasteiger partial charge in [-0.05, 0) is 35.4 Å². The summed E-state index contributed by atoms with van der Waals surface area (Å²) in [4.78, 5) is 11.3. The van der Waals surface area contributed by atoms with E-state index in [9.17, 15) is 5.11 Å². The molecule has 0 aliphatic carbocycles. The van der Waals surface area contributed by atoms with Crippen molar-refractivity contribution in [2.24, 2.45) is 11.7 Å². The molecule has 5 heteroatoms. The van der Waals surface area contributed by atoms with Gasteiger partial charge in [-0.25, -0.2) is 0 Å². The Kier molecular flexibility index (Phi) is 11.6. The quantitative estimate of drug-likeness (QED) is 0.319. The number of nitrogens with zero attached hydrogens (tertiary/aromatic N) is 1. The molecular formula is C30H40N2O3. The van der Waals surface area contributed by atoms with Gasteiger partial charge in [0.25, 0.3) is 5.97 Å². The number of hydrogen-bond acceptors (Lipinski definition) is 4. The molecule has 0 saturated heterocycles. The van der Waals surface area contributed by atoms with E-state index in [1.807, 2.05) is 30.3 Å². The summed E-state index contributed by atoms with van der Waals surface area (Å²) in [6.45, 7) is 6.89. The van der Waals surface area contributed by atoms with Gasteiger partial charge in [-0.1, -0.05) is 105 Å². The van der Waals surface area contributed by atoms with E-state index in [-0.39, 0.29) is 5.92 Å². The Morgan fingerprint density at radius 2 is 1.20 bits per heavy atom. The summed E-state index contributed by atoms with van der Waals surface area (Å²) >= 11 is 0. The second kappa shape index (κ2) is 14.4. The minimum Gasteiger partial charge on any atom is -0.481 e. The van der Waals surface area contributed by atoms with Crippen LogP contribution in [0.5, 0.6) is 0 Å². The first-order chi connectivity index (χ1) is 16.7. The molecular weight excluding hydrogens is 436 g/mol. The van der Waals surface area contributed by atoms with Gasteiger partial charge in [0.2, 0.25) is 0 Å². The summed E-state index contributed by atoms with van der Waals surface area (Å²) in [5, 5.41) is 18.4. The monoisotopic (exact) mass is 476 g/mol. The van der Waals surface area contributed by atoms with Crippen LogP contribution >= 0.6 is 0 Å². The summed E-state index contributed by atoms with van der Waals surface area (Å²) < 4.78 is 0. The highest BCUT2D eigenvalue weighted by Crippen LogP contribution is 2.30. The van der Waals surface area contributed by atoms with Crippen LogP contribution in [0.15, 0.2) is 91.0 Å².